The summed E-state index contributed by atoms with van der Waals surface area (Å²) in [5.74, 6) is 0.783. The molecule has 148 valence electrons. The summed E-state index contributed by atoms with van der Waals surface area (Å²) >= 11 is 0. The lowest BCUT2D eigenvalue weighted by atomic mass is 9.90. The maximum Gasteiger partial charge on any atom is 0.309 e. The third-order valence-corrected chi connectivity index (χ3v) is 5.90. The Bertz CT molecular complexity index is 603. The van der Waals surface area contributed by atoms with Crippen LogP contribution in [0, 0.1) is 11.8 Å². The van der Waals surface area contributed by atoms with E-state index in [4.69, 9.17) is 4.74 Å². The molecule has 2 aliphatic rings. The first kappa shape index (κ1) is 19.9. The quantitative estimate of drug-likeness (QED) is 0.721. The van der Waals surface area contributed by atoms with E-state index < -0.39 is 0 Å². The smallest absolute Gasteiger partial charge is 0.309 e. The van der Waals surface area contributed by atoms with Crippen molar-refractivity contribution in [3.63, 3.8) is 0 Å². The fourth-order valence-corrected chi connectivity index (χ4v) is 4.21. The Morgan fingerprint density at radius 1 is 1.00 bits per heavy atom. The van der Waals surface area contributed by atoms with Gasteiger partial charge >= 0.3 is 5.97 Å². The van der Waals surface area contributed by atoms with Crippen LogP contribution in [0.2, 0.25) is 0 Å². The second-order valence-electron chi connectivity index (χ2n) is 7.82. The average Bonchev–Trinajstić information content (AvgIpc) is 2.70. The van der Waals surface area contributed by atoms with E-state index in [1.807, 2.05) is 11.8 Å². The molecule has 3 rings (SSSR count). The minimum Gasteiger partial charge on any atom is -0.466 e. The van der Waals surface area contributed by atoms with Crippen LogP contribution in [0.4, 0.5) is 0 Å². The van der Waals surface area contributed by atoms with Gasteiger partial charge < -0.3 is 9.64 Å². The van der Waals surface area contributed by atoms with Gasteiger partial charge in [0, 0.05) is 13.1 Å². The summed E-state index contributed by atoms with van der Waals surface area (Å²) in [5, 5.41) is 0. The van der Waals surface area contributed by atoms with Crippen LogP contribution in [0.5, 0.6) is 0 Å². The molecule has 27 heavy (non-hydrogen) atoms. The number of piperidine rings is 2. The number of benzene rings is 1. The molecule has 2 fully saturated rings. The molecule has 2 saturated heterocycles. The van der Waals surface area contributed by atoms with E-state index in [1.165, 1.54) is 5.56 Å². The SMILES string of the molecule is CCOC(=O)C1CCN(C(=O)CN2CCC(Cc3ccccc3)CC2)CC1. The van der Waals surface area contributed by atoms with Gasteiger partial charge in [0.1, 0.15) is 0 Å². The van der Waals surface area contributed by atoms with Crippen molar-refractivity contribution in [2.24, 2.45) is 11.8 Å². The van der Waals surface area contributed by atoms with Crippen molar-refractivity contribution in [3.05, 3.63) is 35.9 Å². The highest BCUT2D eigenvalue weighted by Gasteiger charge is 2.29. The third-order valence-electron chi connectivity index (χ3n) is 5.90. The van der Waals surface area contributed by atoms with Crippen molar-refractivity contribution in [3.8, 4) is 0 Å². The first-order chi connectivity index (χ1) is 13.2. The Balaban J connectivity index is 1.37. The zero-order valence-corrected chi connectivity index (χ0v) is 16.4. The number of amides is 1. The van der Waals surface area contributed by atoms with Crippen LogP contribution in [0.3, 0.4) is 0 Å². The Morgan fingerprint density at radius 2 is 1.67 bits per heavy atom. The monoisotopic (exact) mass is 372 g/mol. The molecule has 0 aromatic heterocycles. The molecule has 1 aromatic rings. The number of carbonyl (C=O) groups is 2. The molecule has 5 heteroatoms. The third kappa shape index (κ3) is 5.80. The normalized spacial score (nSPS) is 19.8. The topological polar surface area (TPSA) is 49.9 Å². The van der Waals surface area contributed by atoms with Crippen molar-refractivity contribution >= 4 is 11.9 Å². The van der Waals surface area contributed by atoms with Gasteiger partial charge in [0.25, 0.3) is 0 Å². The summed E-state index contributed by atoms with van der Waals surface area (Å²) in [4.78, 5) is 28.6. The molecular formula is C22H32N2O3. The Morgan fingerprint density at radius 3 is 2.30 bits per heavy atom. The second kappa shape index (κ2) is 9.88. The van der Waals surface area contributed by atoms with Crippen molar-refractivity contribution in [1.29, 1.82) is 0 Å². The maximum absolute atomic E-state index is 12.6. The lowest BCUT2D eigenvalue weighted by Crippen LogP contribution is -2.47. The molecule has 0 atom stereocenters. The van der Waals surface area contributed by atoms with Gasteiger partial charge in [-0.3, -0.25) is 14.5 Å². The van der Waals surface area contributed by atoms with Gasteiger partial charge in [-0.1, -0.05) is 30.3 Å². The molecular weight excluding hydrogens is 340 g/mol. The molecule has 2 heterocycles. The van der Waals surface area contributed by atoms with Crippen LogP contribution in [-0.4, -0.2) is 61.0 Å². The molecule has 0 unspecified atom stereocenters. The lowest BCUT2D eigenvalue weighted by molar-refractivity contribution is -0.151. The van der Waals surface area contributed by atoms with Crippen LogP contribution in [0.1, 0.15) is 38.2 Å². The van der Waals surface area contributed by atoms with Gasteiger partial charge in [-0.15, -0.1) is 0 Å². The van der Waals surface area contributed by atoms with Crippen LogP contribution < -0.4 is 0 Å². The van der Waals surface area contributed by atoms with E-state index in [0.29, 0.717) is 26.2 Å². The predicted molar refractivity (Wildman–Crippen MR) is 105 cm³/mol. The molecule has 0 bridgehead atoms. The number of ether oxygens (including phenoxy) is 1. The van der Waals surface area contributed by atoms with Gasteiger partial charge in [-0.2, -0.15) is 0 Å². The number of rotatable bonds is 6. The van der Waals surface area contributed by atoms with Crippen LogP contribution >= 0.6 is 0 Å². The molecule has 0 radical (unpaired) electrons. The number of esters is 1. The van der Waals surface area contributed by atoms with Crippen molar-refractivity contribution < 1.29 is 14.3 Å². The molecule has 0 spiro atoms. The van der Waals surface area contributed by atoms with Crippen LogP contribution in [-0.2, 0) is 20.7 Å². The van der Waals surface area contributed by atoms with Crippen molar-refractivity contribution in [2.45, 2.75) is 39.0 Å². The molecule has 1 amide bonds. The van der Waals surface area contributed by atoms with Gasteiger partial charge in [0.2, 0.25) is 5.91 Å². The van der Waals surface area contributed by atoms with Gasteiger partial charge in [-0.05, 0) is 63.6 Å². The highest BCUT2D eigenvalue weighted by molar-refractivity contribution is 5.79. The van der Waals surface area contributed by atoms with Crippen molar-refractivity contribution in [1.82, 2.24) is 9.80 Å². The van der Waals surface area contributed by atoms with Gasteiger partial charge in [0.15, 0.2) is 0 Å². The summed E-state index contributed by atoms with van der Waals surface area (Å²) in [7, 11) is 0. The summed E-state index contributed by atoms with van der Waals surface area (Å²) < 4.78 is 5.10. The Kier molecular flexibility index (Phi) is 7.27. The van der Waals surface area contributed by atoms with Crippen molar-refractivity contribution in [2.75, 3.05) is 39.3 Å². The molecule has 2 aliphatic heterocycles. The van der Waals surface area contributed by atoms with E-state index in [1.54, 1.807) is 0 Å². The van der Waals surface area contributed by atoms with E-state index >= 15 is 0 Å². The molecule has 5 nitrogen and oxygen atoms in total. The van der Waals surface area contributed by atoms with Gasteiger partial charge in [-0.25, -0.2) is 0 Å². The second-order valence-corrected chi connectivity index (χ2v) is 7.82. The Labute approximate surface area is 162 Å². The summed E-state index contributed by atoms with van der Waals surface area (Å²) in [5.41, 5.74) is 1.41. The van der Waals surface area contributed by atoms with Crippen LogP contribution in [0.25, 0.3) is 0 Å². The minimum absolute atomic E-state index is 0.0391. The fourth-order valence-electron chi connectivity index (χ4n) is 4.21. The average molecular weight is 373 g/mol. The number of carbonyl (C=O) groups excluding carboxylic acids is 2. The molecule has 0 saturated carbocycles. The summed E-state index contributed by atoms with van der Waals surface area (Å²) in [6.45, 7) is 6.13. The highest BCUT2D eigenvalue weighted by Crippen LogP contribution is 2.23. The van der Waals surface area contributed by atoms with E-state index in [0.717, 1.165) is 51.1 Å². The first-order valence-electron chi connectivity index (χ1n) is 10.4. The fraction of sp³-hybridized carbons (Fsp3) is 0.636. The molecule has 1 aromatic carbocycles. The molecule has 0 aliphatic carbocycles. The molecule has 0 N–H and O–H groups in total. The largest absolute Gasteiger partial charge is 0.466 e. The summed E-state index contributed by atoms with van der Waals surface area (Å²) in [6, 6.07) is 10.7. The first-order valence-corrected chi connectivity index (χ1v) is 10.4. The standard InChI is InChI=1S/C22H32N2O3/c1-2-27-22(26)20-10-14-24(15-11-20)21(25)17-23-12-8-19(9-13-23)16-18-6-4-3-5-7-18/h3-7,19-20H,2,8-17H2,1H3. The van der Waals surface area contributed by atoms with E-state index in [-0.39, 0.29) is 17.8 Å². The highest BCUT2D eigenvalue weighted by atomic mass is 16.5. The minimum atomic E-state index is -0.106. The van der Waals surface area contributed by atoms with Crippen LogP contribution in [0.15, 0.2) is 30.3 Å². The number of likely N-dealkylation sites (tertiary alicyclic amines) is 2. The summed E-state index contributed by atoms with van der Waals surface area (Å²) in [6.07, 6.45) is 4.91. The zero-order valence-electron chi connectivity index (χ0n) is 16.4. The number of hydrogen-bond donors (Lipinski definition) is 0. The maximum atomic E-state index is 12.6. The number of hydrogen-bond acceptors (Lipinski definition) is 4. The lowest BCUT2D eigenvalue weighted by Gasteiger charge is -2.35. The zero-order chi connectivity index (χ0) is 19.1. The van der Waals surface area contributed by atoms with Gasteiger partial charge in [0.05, 0.1) is 19.1 Å². The van der Waals surface area contributed by atoms with E-state index in [2.05, 4.69) is 35.2 Å². The number of nitrogens with zero attached hydrogens (tertiary/aromatic N) is 2. The predicted octanol–water partition coefficient (Wildman–Crippen LogP) is 2.74. The van der Waals surface area contributed by atoms with E-state index in [9.17, 15) is 9.59 Å². The Hall–Kier alpha value is -1.88.